The molecular weight excluding hydrogens is 336 g/mol. The maximum atomic E-state index is 12.4. The summed E-state index contributed by atoms with van der Waals surface area (Å²) in [5.41, 5.74) is 1.48. The van der Waals surface area contributed by atoms with E-state index < -0.39 is 18.0 Å². The van der Waals surface area contributed by atoms with Crippen LogP contribution in [-0.2, 0) is 23.9 Å². The van der Waals surface area contributed by atoms with E-state index in [1.165, 1.54) is 25.2 Å². The summed E-state index contributed by atoms with van der Waals surface area (Å²) in [5.74, 6) is -1.24. The van der Waals surface area contributed by atoms with E-state index in [4.69, 9.17) is 0 Å². The van der Waals surface area contributed by atoms with Gasteiger partial charge in [-0.2, -0.15) is 0 Å². The maximum absolute atomic E-state index is 12.4. The molecule has 26 heavy (non-hydrogen) atoms. The molecule has 1 saturated heterocycles. The van der Waals surface area contributed by atoms with Crippen molar-refractivity contribution in [3.63, 3.8) is 0 Å². The minimum Gasteiger partial charge on any atom is -0.468 e. The molecule has 2 rings (SSSR count). The third-order valence-electron chi connectivity index (χ3n) is 3.98. The van der Waals surface area contributed by atoms with Crippen molar-refractivity contribution in [2.45, 2.75) is 19.0 Å². The average molecular weight is 358 g/mol. The van der Waals surface area contributed by atoms with Crippen molar-refractivity contribution >= 4 is 23.9 Å². The van der Waals surface area contributed by atoms with Crippen LogP contribution in [0.3, 0.4) is 0 Å². The van der Waals surface area contributed by atoms with Crippen molar-refractivity contribution in [1.82, 2.24) is 10.2 Å². The first-order valence-electron chi connectivity index (χ1n) is 8.09. The van der Waals surface area contributed by atoms with Gasteiger partial charge in [-0.15, -0.1) is 0 Å². The normalized spacial score (nSPS) is 19.9. The van der Waals surface area contributed by atoms with Gasteiger partial charge in [0.25, 0.3) is 0 Å². The smallest absolute Gasteiger partial charge is 0.332 e. The topological polar surface area (TPSA) is 84.9 Å². The van der Waals surface area contributed by atoms with Gasteiger partial charge in [-0.1, -0.05) is 42.5 Å². The van der Waals surface area contributed by atoms with Crippen molar-refractivity contribution in [1.29, 1.82) is 0 Å². The molecule has 0 aliphatic carbocycles. The van der Waals surface area contributed by atoms with Crippen LogP contribution in [0.25, 0.3) is 6.08 Å². The highest BCUT2D eigenvalue weighted by atomic mass is 16.5. The van der Waals surface area contributed by atoms with E-state index in [0.717, 1.165) is 5.56 Å². The number of methoxy groups -OCH3 is 2. The number of nitrogens with one attached hydrogen (secondary N) is 1. The summed E-state index contributed by atoms with van der Waals surface area (Å²) in [6.07, 6.45) is 5.01. The average Bonchev–Trinajstić information content (AvgIpc) is 2.66. The monoisotopic (exact) mass is 358 g/mol. The molecule has 1 N–H and O–H groups in total. The number of allylic oxidation sites excluding steroid dienone is 1. The third kappa shape index (κ3) is 4.72. The molecule has 1 heterocycles. The van der Waals surface area contributed by atoms with Gasteiger partial charge >= 0.3 is 11.9 Å². The number of esters is 2. The van der Waals surface area contributed by atoms with E-state index in [1.807, 2.05) is 42.5 Å². The van der Waals surface area contributed by atoms with Crippen molar-refractivity contribution in [3.8, 4) is 0 Å². The minimum atomic E-state index is -0.569. The van der Waals surface area contributed by atoms with Gasteiger partial charge in [0.05, 0.1) is 20.3 Å². The largest absolute Gasteiger partial charge is 0.468 e. The number of ether oxygens (including phenoxy) is 2. The van der Waals surface area contributed by atoms with E-state index in [2.05, 4.69) is 14.8 Å². The first kappa shape index (κ1) is 19.2. The molecule has 7 heteroatoms. The second kappa shape index (κ2) is 8.84. The molecular formula is C19H22N2O5. The summed E-state index contributed by atoms with van der Waals surface area (Å²) in [7, 11) is 2.56. The van der Waals surface area contributed by atoms with E-state index in [1.54, 1.807) is 6.92 Å². The summed E-state index contributed by atoms with van der Waals surface area (Å²) in [4.78, 5) is 36.7. The summed E-state index contributed by atoms with van der Waals surface area (Å²) in [5, 5.41) is 3.00. The second-order valence-electron chi connectivity index (χ2n) is 5.78. The molecule has 1 aliphatic rings. The van der Waals surface area contributed by atoms with Crippen LogP contribution in [-0.4, -0.2) is 55.6 Å². The summed E-state index contributed by atoms with van der Waals surface area (Å²) >= 11 is 0. The number of carbonyl (C=O) groups excluding carboxylic acids is 3. The Hall–Kier alpha value is -3.09. The van der Waals surface area contributed by atoms with Gasteiger partial charge in [-0.05, 0) is 12.5 Å². The van der Waals surface area contributed by atoms with E-state index in [-0.39, 0.29) is 18.5 Å². The number of likely N-dealkylation sites (tertiary alicyclic amines) is 1. The zero-order valence-electron chi connectivity index (χ0n) is 15.0. The first-order valence-corrected chi connectivity index (χ1v) is 8.09. The number of rotatable bonds is 7. The SMILES string of the molecule is COC(=O)/C=C(\C)N[C@H]1C(=O)N(CC(=O)OC)[C@H]1/C=C/c1ccccc1. The Labute approximate surface area is 152 Å². The predicted octanol–water partition coefficient (Wildman–Crippen LogP) is 1.12. The van der Waals surface area contributed by atoms with Gasteiger partial charge in [-0.3, -0.25) is 9.59 Å². The second-order valence-corrected chi connectivity index (χ2v) is 5.78. The molecule has 0 radical (unpaired) electrons. The maximum Gasteiger partial charge on any atom is 0.332 e. The fraction of sp³-hybridized carbons (Fsp3) is 0.316. The lowest BCUT2D eigenvalue weighted by Crippen LogP contribution is -2.69. The van der Waals surface area contributed by atoms with Crippen LogP contribution in [0.1, 0.15) is 12.5 Å². The Bertz CT molecular complexity index is 727. The summed E-state index contributed by atoms with van der Waals surface area (Å²) < 4.78 is 9.23. The van der Waals surface area contributed by atoms with Gasteiger partial charge in [0, 0.05) is 11.8 Å². The van der Waals surface area contributed by atoms with E-state index in [9.17, 15) is 14.4 Å². The number of hydrogen-bond donors (Lipinski definition) is 1. The quantitative estimate of drug-likeness (QED) is 0.447. The number of β-lactam (4-membered cyclic amide) rings is 1. The zero-order valence-corrected chi connectivity index (χ0v) is 15.0. The van der Waals surface area contributed by atoms with Gasteiger partial charge in [0.15, 0.2) is 0 Å². The number of carbonyl (C=O) groups is 3. The molecule has 1 amide bonds. The van der Waals surface area contributed by atoms with Gasteiger partial charge in [0.2, 0.25) is 5.91 Å². The molecule has 0 unspecified atom stereocenters. The molecule has 0 saturated carbocycles. The number of benzene rings is 1. The predicted molar refractivity (Wildman–Crippen MR) is 95.7 cm³/mol. The molecule has 138 valence electrons. The highest BCUT2D eigenvalue weighted by Crippen LogP contribution is 2.23. The molecule has 7 nitrogen and oxygen atoms in total. The minimum absolute atomic E-state index is 0.128. The molecule has 0 spiro atoms. The molecule has 0 aromatic heterocycles. The Morgan fingerprint density at radius 2 is 1.88 bits per heavy atom. The van der Waals surface area contributed by atoms with Crippen LogP contribution in [0.5, 0.6) is 0 Å². The van der Waals surface area contributed by atoms with Crippen LogP contribution in [0.2, 0.25) is 0 Å². The van der Waals surface area contributed by atoms with Gasteiger partial charge in [-0.25, -0.2) is 4.79 Å². The Morgan fingerprint density at radius 1 is 1.19 bits per heavy atom. The highest BCUT2D eigenvalue weighted by molar-refractivity contribution is 5.94. The van der Waals surface area contributed by atoms with Crippen LogP contribution in [0.15, 0.2) is 48.2 Å². The summed E-state index contributed by atoms with van der Waals surface area (Å²) in [6, 6.07) is 8.70. The molecule has 2 atom stereocenters. The first-order chi connectivity index (χ1) is 12.5. The van der Waals surface area contributed by atoms with Crippen molar-refractivity contribution in [2.75, 3.05) is 20.8 Å². The molecule has 1 fully saturated rings. The lowest BCUT2D eigenvalue weighted by molar-refractivity contribution is -0.157. The van der Waals surface area contributed by atoms with E-state index >= 15 is 0 Å². The molecule has 1 aliphatic heterocycles. The van der Waals surface area contributed by atoms with Crippen molar-refractivity contribution in [2.24, 2.45) is 0 Å². The Kier molecular flexibility index (Phi) is 6.54. The number of nitrogens with zero attached hydrogens (tertiary/aromatic N) is 1. The summed E-state index contributed by atoms with van der Waals surface area (Å²) in [6.45, 7) is 1.54. The fourth-order valence-corrected chi connectivity index (χ4v) is 2.62. The Balaban J connectivity index is 2.15. The molecule has 1 aromatic carbocycles. The highest BCUT2D eigenvalue weighted by Gasteiger charge is 2.46. The Morgan fingerprint density at radius 3 is 2.50 bits per heavy atom. The van der Waals surface area contributed by atoms with Crippen molar-refractivity contribution in [3.05, 3.63) is 53.7 Å². The van der Waals surface area contributed by atoms with Gasteiger partial charge in [0.1, 0.15) is 12.6 Å². The molecule has 1 aromatic rings. The third-order valence-corrected chi connectivity index (χ3v) is 3.98. The number of hydrogen-bond acceptors (Lipinski definition) is 6. The van der Waals surface area contributed by atoms with Crippen molar-refractivity contribution < 1.29 is 23.9 Å². The fourth-order valence-electron chi connectivity index (χ4n) is 2.62. The lowest BCUT2D eigenvalue weighted by atomic mass is 9.93. The van der Waals surface area contributed by atoms with Crippen LogP contribution in [0, 0.1) is 0 Å². The standard InChI is InChI=1S/C19H22N2O5/c1-13(11-16(22)25-2)20-18-15(10-9-14-7-5-4-6-8-14)21(19(18)24)12-17(23)26-3/h4-11,15,18,20H,12H2,1-3H3/b10-9+,13-11+/t15-,18+/m0/s1. The van der Waals surface area contributed by atoms with Crippen LogP contribution < -0.4 is 5.32 Å². The number of amides is 1. The van der Waals surface area contributed by atoms with Gasteiger partial charge < -0.3 is 19.7 Å². The van der Waals surface area contributed by atoms with E-state index in [0.29, 0.717) is 5.70 Å². The zero-order chi connectivity index (χ0) is 19.1. The van der Waals surface area contributed by atoms with Crippen LogP contribution >= 0.6 is 0 Å². The lowest BCUT2D eigenvalue weighted by Gasteiger charge is -2.45. The van der Waals surface area contributed by atoms with Crippen LogP contribution in [0.4, 0.5) is 0 Å². The molecule has 0 bridgehead atoms.